The van der Waals surface area contributed by atoms with Gasteiger partial charge < -0.3 is 5.32 Å². The van der Waals surface area contributed by atoms with Crippen LogP contribution in [0.4, 0.5) is 4.39 Å². The van der Waals surface area contributed by atoms with Crippen LogP contribution in [-0.2, 0) is 13.0 Å². The molecule has 0 saturated heterocycles. The largest absolute Gasteiger partial charge is 0.305 e. The standard InChI is InChI=1S/C16H20FNS/c1-3-12-9-10-19-16(12)11-18-15(4-2)13-7-5-6-8-14(13)17/h5-10,15,18H,3-4,11H2,1-2H3. The molecule has 2 rings (SSSR count). The van der Waals surface area contributed by atoms with Gasteiger partial charge in [0.1, 0.15) is 5.82 Å². The maximum Gasteiger partial charge on any atom is 0.127 e. The van der Waals surface area contributed by atoms with Crippen molar-refractivity contribution in [2.75, 3.05) is 0 Å². The number of aryl methyl sites for hydroxylation is 1. The van der Waals surface area contributed by atoms with E-state index in [9.17, 15) is 4.39 Å². The van der Waals surface area contributed by atoms with E-state index in [0.717, 1.165) is 24.9 Å². The van der Waals surface area contributed by atoms with Gasteiger partial charge in [-0.1, -0.05) is 32.0 Å². The molecule has 1 aromatic carbocycles. The Labute approximate surface area is 118 Å². The van der Waals surface area contributed by atoms with Gasteiger partial charge in [-0.15, -0.1) is 11.3 Å². The summed E-state index contributed by atoms with van der Waals surface area (Å²) in [6.07, 6.45) is 1.94. The Bertz CT molecular complexity index is 521. The molecule has 1 N–H and O–H groups in total. The maximum atomic E-state index is 13.8. The van der Waals surface area contributed by atoms with Crippen LogP contribution in [0.25, 0.3) is 0 Å². The first kappa shape index (κ1) is 14.2. The third-order valence-corrected chi connectivity index (χ3v) is 4.38. The lowest BCUT2D eigenvalue weighted by Crippen LogP contribution is -2.21. The summed E-state index contributed by atoms with van der Waals surface area (Å²) in [5.74, 6) is -0.122. The predicted molar refractivity (Wildman–Crippen MR) is 80.0 cm³/mol. The summed E-state index contributed by atoms with van der Waals surface area (Å²) in [7, 11) is 0. The van der Waals surface area contributed by atoms with Gasteiger partial charge in [0.25, 0.3) is 0 Å². The molecule has 1 atom stereocenters. The average molecular weight is 277 g/mol. The van der Waals surface area contributed by atoms with E-state index >= 15 is 0 Å². The second kappa shape index (κ2) is 6.83. The fourth-order valence-corrected chi connectivity index (χ4v) is 3.21. The number of benzene rings is 1. The Kier molecular flexibility index (Phi) is 5.11. The summed E-state index contributed by atoms with van der Waals surface area (Å²) < 4.78 is 13.8. The molecule has 102 valence electrons. The molecule has 0 spiro atoms. The quantitative estimate of drug-likeness (QED) is 0.807. The van der Waals surface area contributed by atoms with Crippen molar-refractivity contribution < 1.29 is 4.39 Å². The first-order chi connectivity index (χ1) is 9.26. The van der Waals surface area contributed by atoms with Crippen molar-refractivity contribution >= 4 is 11.3 Å². The zero-order valence-corrected chi connectivity index (χ0v) is 12.3. The van der Waals surface area contributed by atoms with Gasteiger partial charge in [-0.3, -0.25) is 0 Å². The minimum atomic E-state index is -0.122. The highest BCUT2D eigenvalue weighted by Gasteiger charge is 2.13. The number of rotatable bonds is 6. The van der Waals surface area contributed by atoms with Crippen LogP contribution in [0, 0.1) is 5.82 Å². The minimum Gasteiger partial charge on any atom is -0.305 e. The number of halogens is 1. The summed E-state index contributed by atoms with van der Waals surface area (Å²) in [6, 6.07) is 9.28. The van der Waals surface area contributed by atoms with E-state index < -0.39 is 0 Å². The minimum absolute atomic E-state index is 0.0769. The van der Waals surface area contributed by atoms with Gasteiger partial charge in [0, 0.05) is 23.0 Å². The molecular formula is C16H20FNS. The van der Waals surface area contributed by atoms with Crippen LogP contribution in [0.2, 0.25) is 0 Å². The third kappa shape index (κ3) is 3.43. The average Bonchev–Trinajstić information content (AvgIpc) is 2.88. The topological polar surface area (TPSA) is 12.0 Å². The van der Waals surface area contributed by atoms with Gasteiger partial charge >= 0.3 is 0 Å². The van der Waals surface area contributed by atoms with Crippen molar-refractivity contribution in [3.8, 4) is 0 Å². The molecule has 19 heavy (non-hydrogen) atoms. The van der Waals surface area contributed by atoms with E-state index in [4.69, 9.17) is 0 Å². The molecule has 1 nitrogen and oxygen atoms in total. The van der Waals surface area contributed by atoms with Crippen LogP contribution in [0.3, 0.4) is 0 Å². The summed E-state index contributed by atoms with van der Waals surface area (Å²) >= 11 is 1.77. The van der Waals surface area contributed by atoms with Crippen LogP contribution >= 0.6 is 11.3 Å². The fraction of sp³-hybridized carbons (Fsp3) is 0.375. The summed E-state index contributed by atoms with van der Waals surface area (Å²) in [4.78, 5) is 1.36. The lowest BCUT2D eigenvalue weighted by atomic mass is 10.0. The van der Waals surface area contributed by atoms with Crippen molar-refractivity contribution in [2.45, 2.75) is 39.3 Å². The molecule has 0 radical (unpaired) electrons. The normalized spacial score (nSPS) is 12.6. The van der Waals surface area contributed by atoms with E-state index in [0.29, 0.717) is 0 Å². The van der Waals surface area contributed by atoms with Gasteiger partial charge in [-0.2, -0.15) is 0 Å². The number of hydrogen-bond donors (Lipinski definition) is 1. The van der Waals surface area contributed by atoms with Gasteiger partial charge in [0.2, 0.25) is 0 Å². The smallest absolute Gasteiger partial charge is 0.127 e. The fourth-order valence-electron chi connectivity index (χ4n) is 2.28. The Morgan fingerprint density at radius 1 is 1.21 bits per heavy atom. The monoisotopic (exact) mass is 277 g/mol. The second-order valence-electron chi connectivity index (χ2n) is 4.59. The Balaban J connectivity index is 2.06. The molecule has 1 heterocycles. The molecule has 0 amide bonds. The van der Waals surface area contributed by atoms with E-state index in [1.54, 1.807) is 17.4 Å². The van der Waals surface area contributed by atoms with Gasteiger partial charge in [-0.25, -0.2) is 4.39 Å². The van der Waals surface area contributed by atoms with Gasteiger partial charge in [-0.05, 0) is 35.9 Å². The molecule has 0 aliphatic carbocycles. The Morgan fingerprint density at radius 3 is 2.68 bits per heavy atom. The number of nitrogens with one attached hydrogen (secondary N) is 1. The summed E-state index contributed by atoms with van der Waals surface area (Å²) in [6.45, 7) is 5.06. The number of hydrogen-bond acceptors (Lipinski definition) is 2. The molecule has 2 aromatic rings. The number of thiophene rings is 1. The summed E-state index contributed by atoms with van der Waals surface area (Å²) in [5.41, 5.74) is 2.15. The Morgan fingerprint density at radius 2 is 2.00 bits per heavy atom. The predicted octanol–water partition coefficient (Wildman–Crippen LogP) is 4.69. The van der Waals surface area contributed by atoms with Crippen LogP contribution in [-0.4, -0.2) is 0 Å². The van der Waals surface area contributed by atoms with E-state index in [1.165, 1.54) is 16.5 Å². The van der Waals surface area contributed by atoms with E-state index in [-0.39, 0.29) is 11.9 Å². The van der Waals surface area contributed by atoms with Crippen LogP contribution in [0.15, 0.2) is 35.7 Å². The highest BCUT2D eigenvalue weighted by atomic mass is 32.1. The molecule has 3 heteroatoms. The second-order valence-corrected chi connectivity index (χ2v) is 5.59. The molecule has 1 unspecified atom stereocenters. The first-order valence-corrected chi connectivity index (χ1v) is 7.67. The molecule has 0 aliphatic heterocycles. The Hall–Kier alpha value is -1.19. The molecule has 0 fully saturated rings. The maximum absolute atomic E-state index is 13.8. The lowest BCUT2D eigenvalue weighted by Gasteiger charge is -2.18. The van der Waals surface area contributed by atoms with Crippen molar-refractivity contribution in [2.24, 2.45) is 0 Å². The highest BCUT2D eigenvalue weighted by molar-refractivity contribution is 7.10. The van der Waals surface area contributed by atoms with Crippen molar-refractivity contribution in [1.29, 1.82) is 0 Å². The van der Waals surface area contributed by atoms with Crippen LogP contribution in [0.1, 0.15) is 42.3 Å². The zero-order chi connectivity index (χ0) is 13.7. The van der Waals surface area contributed by atoms with Gasteiger partial charge in [0.15, 0.2) is 0 Å². The van der Waals surface area contributed by atoms with Gasteiger partial charge in [0.05, 0.1) is 0 Å². The SMILES string of the molecule is CCc1ccsc1CNC(CC)c1ccccc1F. The van der Waals surface area contributed by atoms with E-state index in [2.05, 4.69) is 30.6 Å². The lowest BCUT2D eigenvalue weighted by molar-refractivity contribution is 0.489. The molecule has 0 bridgehead atoms. The molecule has 1 aromatic heterocycles. The zero-order valence-electron chi connectivity index (χ0n) is 11.4. The summed E-state index contributed by atoms with van der Waals surface area (Å²) in [5, 5.41) is 5.60. The highest BCUT2D eigenvalue weighted by Crippen LogP contribution is 2.22. The van der Waals surface area contributed by atoms with E-state index in [1.807, 2.05) is 12.1 Å². The third-order valence-electron chi connectivity index (χ3n) is 3.42. The van der Waals surface area contributed by atoms with Crippen LogP contribution in [0.5, 0.6) is 0 Å². The van der Waals surface area contributed by atoms with Crippen molar-refractivity contribution in [3.05, 3.63) is 57.5 Å². The molecular weight excluding hydrogens is 257 g/mol. The van der Waals surface area contributed by atoms with Crippen LogP contribution < -0.4 is 5.32 Å². The first-order valence-electron chi connectivity index (χ1n) is 6.79. The molecule has 0 saturated carbocycles. The van der Waals surface area contributed by atoms with Crippen molar-refractivity contribution in [1.82, 2.24) is 5.32 Å². The van der Waals surface area contributed by atoms with Crippen molar-refractivity contribution in [3.63, 3.8) is 0 Å². The molecule has 0 aliphatic rings.